The summed E-state index contributed by atoms with van der Waals surface area (Å²) in [5.74, 6) is 2.15. The van der Waals surface area contributed by atoms with Crippen LogP contribution in [0.5, 0.6) is 0 Å². The average Bonchev–Trinajstić information content (AvgIpc) is 2.63. The van der Waals surface area contributed by atoms with Crippen molar-refractivity contribution in [2.45, 2.75) is 58.4 Å². The summed E-state index contributed by atoms with van der Waals surface area (Å²) >= 11 is 0. The molecule has 4 aliphatic carbocycles. The van der Waals surface area contributed by atoms with Crippen molar-refractivity contribution in [3.63, 3.8) is 0 Å². The predicted molar refractivity (Wildman–Crippen MR) is 111 cm³/mol. The molecule has 1 aromatic rings. The molecule has 1 aromatic carbocycles. The minimum Gasteiger partial charge on any atom is -0.350 e. The Hall–Kier alpha value is -2.37. The first-order chi connectivity index (χ1) is 13.9. The first-order valence-electron chi connectivity index (χ1n) is 10.8. The molecule has 0 radical (unpaired) electrons. The van der Waals surface area contributed by atoms with Crippen molar-refractivity contribution in [1.29, 1.82) is 0 Å². The van der Waals surface area contributed by atoms with E-state index in [2.05, 4.69) is 16.0 Å². The summed E-state index contributed by atoms with van der Waals surface area (Å²) in [6.07, 6.45) is 8.27. The molecule has 156 valence electrons. The second kappa shape index (κ2) is 8.17. The zero-order chi connectivity index (χ0) is 20.4. The molecule has 0 heterocycles. The zero-order valence-corrected chi connectivity index (χ0v) is 17.1. The normalized spacial score (nSPS) is 29.3. The number of rotatable bonds is 7. The minimum atomic E-state index is -0.200. The third-order valence-electron chi connectivity index (χ3n) is 6.88. The van der Waals surface area contributed by atoms with Gasteiger partial charge in [0, 0.05) is 25.6 Å². The first kappa shape index (κ1) is 19.9. The van der Waals surface area contributed by atoms with Crippen LogP contribution in [-0.2, 0) is 20.9 Å². The van der Waals surface area contributed by atoms with E-state index in [0.29, 0.717) is 18.7 Å². The summed E-state index contributed by atoms with van der Waals surface area (Å²) in [7, 11) is 0. The fourth-order valence-electron chi connectivity index (χ4n) is 6.31. The molecule has 3 N–H and O–H groups in total. The third-order valence-corrected chi connectivity index (χ3v) is 6.88. The second-order valence-corrected chi connectivity index (χ2v) is 9.53. The van der Waals surface area contributed by atoms with Gasteiger partial charge in [0.15, 0.2) is 0 Å². The Bertz CT molecular complexity index is 769. The quantitative estimate of drug-likeness (QED) is 0.661. The molecule has 5 rings (SSSR count). The van der Waals surface area contributed by atoms with Crippen molar-refractivity contribution >= 4 is 23.4 Å². The van der Waals surface area contributed by atoms with Crippen LogP contribution in [0.4, 0.5) is 5.69 Å². The molecule has 0 atom stereocenters. The zero-order valence-electron chi connectivity index (χ0n) is 17.1. The van der Waals surface area contributed by atoms with Gasteiger partial charge in [-0.1, -0.05) is 12.1 Å². The first-order valence-corrected chi connectivity index (χ1v) is 10.8. The van der Waals surface area contributed by atoms with Crippen molar-refractivity contribution in [3.8, 4) is 0 Å². The molecule has 4 bridgehead atoms. The molecule has 0 spiro atoms. The van der Waals surface area contributed by atoms with Crippen LogP contribution in [0.3, 0.4) is 0 Å². The Morgan fingerprint density at radius 2 is 1.62 bits per heavy atom. The molecule has 29 heavy (non-hydrogen) atoms. The van der Waals surface area contributed by atoms with E-state index in [1.54, 1.807) is 6.07 Å². The van der Waals surface area contributed by atoms with Crippen molar-refractivity contribution in [1.82, 2.24) is 10.6 Å². The van der Waals surface area contributed by atoms with Crippen molar-refractivity contribution in [2.24, 2.45) is 23.2 Å². The van der Waals surface area contributed by atoms with Crippen LogP contribution in [0.25, 0.3) is 0 Å². The number of anilines is 1. The Kier molecular flexibility index (Phi) is 5.61. The van der Waals surface area contributed by atoms with Crippen molar-refractivity contribution in [3.05, 3.63) is 29.8 Å². The monoisotopic (exact) mass is 397 g/mol. The maximum atomic E-state index is 12.5. The summed E-state index contributed by atoms with van der Waals surface area (Å²) in [4.78, 5) is 35.8. The molecular formula is C23H31N3O3. The van der Waals surface area contributed by atoms with E-state index >= 15 is 0 Å². The van der Waals surface area contributed by atoms with Crippen LogP contribution >= 0.6 is 0 Å². The van der Waals surface area contributed by atoms with Gasteiger partial charge in [-0.2, -0.15) is 0 Å². The lowest BCUT2D eigenvalue weighted by Crippen LogP contribution is -2.48. The van der Waals surface area contributed by atoms with Gasteiger partial charge in [0.2, 0.25) is 17.7 Å². The molecule has 6 heteroatoms. The summed E-state index contributed by atoms with van der Waals surface area (Å²) in [5, 5.41) is 8.38. The van der Waals surface area contributed by atoms with Gasteiger partial charge in [-0.15, -0.1) is 0 Å². The topological polar surface area (TPSA) is 87.3 Å². The summed E-state index contributed by atoms with van der Waals surface area (Å²) in [6.45, 7) is 1.83. The minimum absolute atomic E-state index is 0.00903. The lowest BCUT2D eigenvalue weighted by Gasteiger charge is -2.56. The Morgan fingerprint density at radius 3 is 2.24 bits per heavy atom. The molecule has 0 aliphatic heterocycles. The lowest BCUT2D eigenvalue weighted by molar-refractivity contribution is -0.132. The van der Waals surface area contributed by atoms with Crippen LogP contribution in [-0.4, -0.2) is 24.3 Å². The Morgan fingerprint density at radius 1 is 0.966 bits per heavy atom. The van der Waals surface area contributed by atoms with E-state index in [1.807, 2.05) is 18.2 Å². The van der Waals surface area contributed by atoms with E-state index in [-0.39, 0.29) is 29.7 Å². The van der Waals surface area contributed by atoms with Gasteiger partial charge < -0.3 is 16.0 Å². The van der Waals surface area contributed by atoms with Gasteiger partial charge in [-0.05, 0) is 79.4 Å². The Balaban J connectivity index is 1.21. The van der Waals surface area contributed by atoms with E-state index in [4.69, 9.17) is 0 Å². The standard InChI is InChI=1S/C23H31N3O3/c1-15(27)26-20-4-2-3-16(8-20)13-24-22(29)14-25-21(28)12-23-9-17-5-18(10-23)7-19(6-17)11-23/h2-4,8,17-19H,5-7,9-14H2,1H3,(H,24,29)(H,25,28)(H,26,27). The van der Waals surface area contributed by atoms with Crippen LogP contribution in [0.15, 0.2) is 24.3 Å². The van der Waals surface area contributed by atoms with Gasteiger partial charge in [0.1, 0.15) is 0 Å². The van der Waals surface area contributed by atoms with E-state index < -0.39 is 0 Å². The van der Waals surface area contributed by atoms with Gasteiger partial charge in [-0.25, -0.2) is 0 Å². The fraction of sp³-hybridized carbons (Fsp3) is 0.609. The van der Waals surface area contributed by atoms with Crippen LogP contribution < -0.4 is 16.0 Å². The van der Waals surface area contributed by atoms with E-state index in [1.165, 1.54) is 45.4 Å². The molecule has 4 fully saturated rings. The van der Waals surface area contributed by atoms with Gasteiger partial charge in [-0.3, -0.25) is 14.4 Å². The molecular weight excluding hydrogens is 366 g/mol. The van der Waals surface area contributed by atoms with Crippen LogP contribution in [0, 0.1) is 23.2 Å². The largest absolute Gasteiger partial charge is 0.350 e. The summed E-state index contributed by atoms with van der Waals surface area (Å²) < 4.78 is 0. The van der Waals surface area contributed by atoms with E-state index in [0.717, 1.165) is 23.3 Å². The highest BCUT2D eigenvalue weighted by atomic mass is 16.2. The highest BCUT2D eigenvalue weighted by molar-refractivity contribution is 5.88. The van der Waals surface area contributed by atoms with Crippen LogP contribution in [0.2, 0.25) is 0 Å². The number of hydrogen-bond donors (Lipinski definition) is 3. The molecule has 4 saturated carbocycles. The number of amides is 3. The number of benzene rings is 1. The molecule has 4 aliphatic rings. The lowest BCUT2D eigenvalue weighted by atomic mass is 9.49. The fourth-order valence-corrected chi connectivity index (χ4v) is 6.31. The molecule has 0 aromatic heterocycles. The smallest absolute Gasteiger partial charge is 0.239 e. The third kappa shape index (κ3) is 4.98. The number of carbonyl (C=O) groups excluding carboxylic acids is 3. The second-order valence-electron chi connectivity index (χ2n) is 9.53. The van der Waals surface area contributed by atoms with Crippen molar-refractivity contribution in [2.75, 3.05) is 11.9 Å². The van der Waals surface area contributed by atoms with Crippen LogP contribution in [0.1, 0.15) is 57.4 Å². The summed E-state index contributed by atoms with van der Waals surface area (Å²) in [5.41, 5.74) is 1.79. The van der Waals surface area contributed by atoms with Crippen molar-refractivity contribution < 1.29 is 14.4 Å². The highest BCUT2D eigenvalue weighted by Gasteiger charge is 2.51. The maximum absolute atomic E-state index is 12.5. The number of carbonyl (C=O) groups is 3. The highest BCUT2D eigenvalue weighted by Crippen LogP contribution is 2.61. The molecule has 3 amide bonds. The van der Waals surface area contributed by atoms with E-state index in [9.17, 15) is 14.4 Å². The average molecular weight is 398 g/mol. The molecule has 0 saturated heterocycles. The Labute approximate surface area is 172 Å². The number of nitrogens with one attached hydrogen (secondary N) is 3. The number of hydrogen-bond acceptors (Lipinski definition) is 3. The van der Waals surface area contributed by atoms with Gasteiger partial charge >= 0.3 is 0 Å². The van der Waals surface area contributed by atoms with Gasteiger partial charge in [0.25, 0.3) is 0 Å². The molecule has 0 unspecified atom stereocenters. The SMILES string of the molecule is CC(=O)Nc1cccc(CNC(=O)CNC(=O)CC23CC4CC(CC(C4)C2)C3)c1. The predicted octanol–water partition coefficient (Wildman–Crippen LogP) is 2.98. The maximum Gasteiger partial charge on any atom is 0.239 e. The molecule has 6 nitrogen and oxygen atoms in total. The summed E-state index contributed by atoms with van der Waals surface area (Å²) in [6, 6.07) is 7.35. The van der Waals surface area contributed by atoms with Gasteiger partial charge in [0.05, 0.1) is 6.54 Å².